The first kappa shape index (κ1) is 28.6. The molecule has 0 unspecified atom stereocenters. The number of fused-ring (bicyclic) bond motifs is 6. The summed E-state index contributed by atoms with van der Waals surface area (Å²) in [4.78, 5) is 20.8. The summed E-state index contributed by atoms with van der Waals surface area (Å²) in [5, 5.41) is 5.73. The average molecular weight is 565 g/mol. The third-order valence-corrected chi connectivity index (χ3v) is 6.93. The number of anilines is 2. The van der Waals surface area contributed by atoms with Crippen LogP contribution in [-0.4, -0.2) is 29.1 Å². The Morgan fingerprint density at radius 2 is 1.19 bits per heavy atom. The van der Waals surface area contributed by atoms with E-state index in [1.54, 1.807) is 0 Å². The van der Waals surface area contributed by atoms with Crippen molar-refractivity contribution in [2.24, 2.45) is 22.7 Å². The first-order valence-corrected chi connectivity index (χ1v) is 14.0. The number of nitrogen functional groups attached to an aromatic ring is 2. The van der Waals surface area contributed by atoms with Gasteiger partial charge in [-0.15, -0.1) is 0 Å². The molecule has 0 bridgehead atoms. The molecule has 6 rings (SSSR count). The zero-order valence-corrected chi connectivity index (χ0v) is 24.4. The Bertz CT molecular complexity index is 1940. The van der Waals surface area contributed by atoms with Crippen molar-refractivity contribution in [1.29, 1.82) is 0 Å². The Kier molecular flexibility index (Phi) is 8.10. The van der Waals surface area contributed by atoms with Crippen LogP contribution in [0.15, 0.2) is 53.6 Å². The zero-order valence-electron chi connectivity index (χ0n) is 24.4. The minimum atomic E-state index is 0.200. The van der Waals surface area contributed by atoms with Gasteiger partial charge in [-0.05, 0) is 29.5 Å². The fourth-order valence-electron chi connectivity index (χ4n) is 5.30. The fourth-order valence-corrected chi connectivity index (χ4v) is 5.30. The summed E-state index contributed by atoms with van der Waals surface area (Å²) in [6, 6.07) is 15.9. The second kappa shape index (κ2) is 11.9. The van der Waals surface area contributed by atoms with E-state index in [9.17, 15) is 0 Å². The number of pyridine rings is 2. The van der Waals surface area contributed by atoms with Crippen molar-refractivity contribution >= 4 is 55.5 Å². The maximum absolute atomic E-state index is 8.59. The van der Waals surface area contributed by atoms with Crippen LogP contribution in [0.5, 0.6) is 0 Å². The standard InChI is InChI=1S/C15H17N7.C15H19N5/c1-9(2)8-22-12(7-18-21-17)20-13-14(22)10-5-3-4-6-11(10)19-15(13)16;1-9(2)8-20-12(7-16)19-13-14(20)10-5-3-4-6-11(10)18-15(13)17/h3-6,9H,7-8H2,1-2H3,(H2,16,19);3-6,9H,7-8,16H2,1-2H3,(H2,17,18). The Hall–Kier alpha value is -4.93. The van der Waals surface area contributed by atoms with E-state index in [2.05, 4.69) is 72.9 Å². The number of aromatic nitrogens is 6. The number of hydrogen-bond donors (Lipinski definition) is 3. The van der Waals surface area contributed by atoms with Gasteiger partial charge in [-0.2, -0.15) is 0 Å². The minimum Gasteiger partial charge on any atom is -0.382 e. The predicted molar refractivity (Wildman–Crippen MR) is 169 cm³/mol. The molecular formula is C30H36N12. The number of benzene rings is 2. The van der Waals surface area contributed by atoms with E-state index in [0.29, 0.717) is 41.4 Å². The normalized spacial score (nSPS) is 11.5. The molecule has 2 aromatic carbocycles. The van der Waals surface area contributed by atoms with Crippen molar-refractivity contribution in [1.82, 2.24) is 29.1 Å². The van der Waals surface area contributed by atoms with Gasteiger partial charge < -0.3 is 26.3 Å². The van der Waals surface area contributed by atoms with E-state index in [1.807, 2.05) is 42.5 Å². The predicted octanol–water partition coefficient (Wildman–Crippen LogP) is 5.91. The molecule has 4 heterocycles. The number of imidazole rings is 2. The molecule has 4 aromatic heterocycles. The van der Waals surface area contributed by atoms with E-state index in [4.69, 9.17) is 22.7 Å². The van der Waals surface area contributed by atoms with Crippen molar-refractivity contribution in [3.05, 3.63) is 70.6 Å². The highest BCUT2D eigenvalue weighted by atomic mass is 15.2. The Morgan fingerprint density at radius 3 is 1.64 bits per heavy atom. The van der Waals surface area contributed by atoms with E-state index in [0.717, 1.165) is 57.3 Å². The van der Waals surface area contributed by atoms with Crippen molar-refractivity contribution in [2.75, 3.05) is 11.5 Å². The highest BCUT2D eigenvalue weighted by molar-refractivity contribution is 6.07. The Morgan fingerprint density at radius 1 is 0.738 bits per heavy atom. The van der Waals surface area contributed by atoms with Gasteiger partial charge in [0.05, 0.1) is 35.2 Å². The second-order valence-corrected chi connectivity index (χ2v) is 11.1. The molecule has 0 fully saturated rings. The molecule has 216 valence electrons. The molecule has 0 radical (unpaired) electrons. The monoisotopic (exact) mass is 564 g/mol. The van der Waals surface area contributed by atoms with Crippen molar-refractivity contribution < 1.29 is 0 Å². The SMILES string of the molecule is CC(C)Cn1c(CN)nc2c(N)nc3ccccc3c21.CC(C)Cn1c(CN=[N+]=[N-])nc2c(N)nc3ccccc3c21. The molecule has 42 heavy (non-hydrogen) atoms. The van der Waals surface area contributed by atoms with Crippen LogP contribution in [0.2, 0.25) is 0 Å². The summed E-state index contributed by atoms with van der Waals surface area (Å²) >= 11 is 0. The van der Waals surface area contributed by atoms with Crippen LogP contribution in [0, 0.1) is 11.8 Å². The summed E-state index contributed by atoms with van der Waals surface area (Å²) in [7, 11) is 0. The summed E-state index contributed by atoms with van der Waals surface area (Å²) < 4.78 is 4.27. The van der Waals surface area contributed by atoms with E-state index in [-0.39, 0.29) is 6.54 Å². The number of hydrogen-bond acceptors (Lipinski definition) is 8. The molecule has 0 aliphatic carbocycles. The van der Waals surface area contributed by atoms with Gasteiger partial charge >= 0.3 is 0 Å². The van der Waals surface area contributed by atoms with Gasteiger partial charge in [0.25, 0.3) is 0 Å². The second-order valence-electron chi connectivity index (χ2n) is 11.1. The molecule has 0 saturated heterocycles. The summed E-state index contributed by atoms with van der Waals surface area (Å²) in [5.41, 5.74) is 31.7. The van der Waals surface area contributed by atoms with Crippen molar-refractivity contribution in [3.63, 3.8) is 0 Å². The lowest BCUT2D eigenvalue weighted by atomic mass is 10.1. The van der Waals surface area contributed by atoms with Crippen LogP contribution in [0.4, 0.5) is 11.6 Å². The lowest BCUT2D eigenvalue weighted by Gasteiger charge is -2.12. The van der Waals surface area contributed by atoms with Gasteiger partial charge in [0.15, 0.2) is 11.6 Å². The van der Waals surface area contributed by atoms with Crippen molar-refractivity contribution in [2.45, 2.75) is 53.9 Å². The zero-order chi connectivity index (χ0) is 30.0. The van der Waals surface area contributed by atoms with Crippen molar-refractivity contribution in [3.8, 4) is 0 Å². The fraction of sp³-hybridized carbons (Fsp3) is 0.333. The molecule has 12 nitrogen and oxygen atoms in total. The largest absolute Gasteiger partial charge is 0.382 e. The lowest BCUT2D eigenvalue weighted by Crippen LogP contribution is -2.12. The van der Waals surface area contributed by atoms with Crippen LogP contribution in [0.25, 0.3) is 54.3 Å². The molecule has 0 saturated carbocycles. The van der Waals surface area contributed by atoms with Gasteiger partial charge in [-0.25, -0.2) is 19.9 Å². The topological polar surface area (TPSA) is 188 Å². The summed E-state index contributed by atoms with van der Waals surface area (Å²) in [5.74, 6) is 3.38. The first-order chi connectivity index (χ1) is 20.2. The van der Waals surface area contributed by atoms with E-state index < -0.39 is 0 Å². The smallest absolute Gasteiger partial charge is 0.152 e. The summed E-state index contributed by atoms with van der Waals surface area (Å²) in [6.45, 7) is 10.9. The number of rotatable bonds is 7. The molecule has 6 aromatic rings. The van der Waals surface area contributed by atoms with E-state index in [1.165, 1.54) is 0 Å². The highest BCUT2D eigenvalue weighted by Gasteiger charge is 2.18. The molecular weight excluding hydrogens is 528 g/mol. The number of para-hydroxylation sites is 2. The third-order valence-electron chi connectivity index (χ3n) is 6.93. The summed E-state index contributed by atoms with van der Waals surface area (Å²) in [6.07, 6.45) is 0. The van der Waals surface area contributed by atoms with Gasteiger partial charge in [0, 0.05) is 28.8 Å². The highest BCUT2D eigenvalue weighted by Crippen LogP contribution is 2.30. The number of azide groups is 1. The van der Waals surface area contributed by atoms with Gasteiger partial charge in [0.1, 0.15) is 22.7 Å². The maximum atomic E-state index is 8.59. The molecule has 0 spiro atoms. The number of nitrogens with two attached hydrogens (primary N) is 3. The minimum absolute atomic E-state index is 0.200. The Balaban J connectivity index is 0.000000169. The van der Waals surface area contributed by atoms with Gasteiger partial charge in [-0.1, -0.05) is 69.2 Å². The van der Waals surface area contributed by atoms with Gasteiger partial charge in [-0.3, -0.25) is 0 Å². The van der Waals surface area contributed by atoms with Crippen LogP contribution < -0.4 is 17.2 Å². The lowest BCUT2D eigenvalue weighted by molar-refractivity contribution is 0.518. The van der Waals surface area contributed by atoms with Gasteiger partial charge in [0.2, 0.25) is 0 Å². The van der Waals surface area contributed by atoms with Crippen LogP contribution in [-0.2, 0) is 26.2 Å². The van der Waals surface area contributed by atoms with Crippen LogP contribution in [0.3, 0.4) is 0 Å². The van der Waals surface area contributed by atoms with Crippen LogP contribution in [0.1, 0.15) is 39.3 Å². The van der Waals surface area contributed by atoms with Crippen LogP contribution >= 0.6 is 0 Å². The molecule has 6 N–H and O–H groups in total. The molecule has 12 heteroatoms. The third kappa shape index (κ3) is 5.37. The maximum Gasteiger partial charge on any atom is 0.152 e. The average Bonchev–Trinajstić information content (AvgIpc) is 3.51. The quantitative estimate of drug-likeness (QED) is 0.122. The number of nitrogens with zero attached hydrogens (tertiary/aromatic N) is 9. The molecule has 0 aliphatic rings. The first-order valence-electron chi connectivity index (χ1n) is 14.0. The molecule has 0 aliphatic heterocycles. The molecule has 0 amide bonds. The molecule has 0 atom stereocenters. The Labute approximate surface area is 243 Å². The van der Waals surface area contributed by atoms with E-state index >= 15 is 0 Å².